The molecule has 0 aliphatic heterocycles. The minimum absolute atomic E-state index is 0.0545. The molecule has 3 aromatic rings. The van der Waals surface area contributed by atoms with Crippen LogP contribution in [0.25, 0.3) is 16.7 Å². The van der Waals surface area contributed by atoms with Crippen LogP contribution in [0.15, 0.2) is 53.3 Å². The van der Waals surface area contributed by atoms with Crippen LogP contribution < -0.4 is 0 Å². The second-order valence-corrected chi connectivity index (χ2v) is 5.27. The van der Waals surface area contributed by atoms with Crippen molar-refractivity contribution in [1.82, 2.24) is 9.55 Å². The summed E-state index contributed by atoms with van der Waals surface area (Å²) in [5.41, 5.74) is 3.54. The van der Waals surface area contributed by atoms with Gasteiger partial charge in [0.2, 0.25) is 0 Å². The number of hydrogen-bond donors (Lipinski definition) is 0. The zero-order valence-corrected chi connectivity index (χ0v) is 11.9. The number of Topliss-reactive ketones (excluding diaryl/α,β-unsaturated/α-hetero) is 1. The fraction of sp³-hybridized carbons (Fsp3) is 0.0667. The topological polar surface area (TPSA) is 34.9 Å². The van der Waals surface area contributed by atoms with Crippen molar-refractivity contribution in [2.45, 2.75) is 6.92 Å². The number of imidazole rings is 1. The molecule has 0 N–H and O–H groups in total. The van der Waals surface area contributed by atoms with E-state index in [2.05, 4.69) is 20.9 Å². The van der Waals surface area contributed by atoms with Gasteiger partial charge in [0.1, 0.15) is 6.33 Å². The van der Waals surface area contributed by atoms with Crippen LogP contribution in [-0.4, -0.2) is 15.3 Å². The average Bonchev–Trinajstić information content (AvgIpc) is 2.81. The molecule has 4 heteroatoms. The van der Waals surface area contributed by atoms with E-state index in [-0.39, 0.29) is 5.78 Å². The van der Waals surface area contributed by atoms with E-state index in [1.54, 1.807) is 13.3 Å². The third-order valence-corrected chi connectivity index (χ3v) is 3.53. The van der Waals surface area contributed by atoms with Crippen molar-refractivity contribution in [3.05, 3.63) is 58.8 Å². The number of ketones is 1. The molecule has 0 atom stereocenters. The summed E-state index contributed by atoms with van der Waals surface area (Å²) in [4.78, 5) is 15.7. The summed E-state index contributed by atoms with van der Waals surface area (Å²) in [6.07, 6.45) is 1.77. The normalized spacial score (nSPS) is 10.8. The molecule has 0 bridgehead atoms. The lowest BCUT2D eigenvalue weighted by Crippen LogP contribution is -1.93. The van der Waals surface area contributed by atoms with E-state index in [0.29, 0.717) is 5.56 Å². The van der Waals surface area contributed by atoms with E-state index >= 15 is 0 Å². The number of carbonyl (C=O) groups is 1. The average molecular weight is 315 g/mol. The third kappa shape index (κ3) is 2.19. The van der Waals surface area contributed by atoms with Gasteiger partial charge in [0.25, 0.3) is 0 Å². The highest BCUT2D eigenvalue weighted by Crippen LogP contribution is 2.21. The summed E-state index contributed by atoms with van der Waals surface area (Å²) in [5.74, 6) is 0.0545. The molecule has 1 aromatic heterocycles. The zero-order valence-electron chi connectivity index (χ0n) is 10.3. The van der Waals surface area contributed by atoms with Crippen molar-refractivity contribution in [3.8, 4) is 5.69 Å². The minimum Gasteiger partial charge on any atom is -0.299 e. The molecule has 0 saturated heterocycles. The first kappa shape index (κ1) is 12.1. The molecule has 0 spiro atoms. The fourth-order valence-corrected chi connectivity index (χ4v) is 2.45. The predicted molar refractivity (Wildman–Crippen MR) is 78.8 cm³/mol. The Morgan fingerprint density at radius 1 is 1.21 bits per heavy atom. The highest BCUT2D eigenvalue weighted by atomic mass is 79.9. The first-order valence-corrected chi connectivity index (χ1v) is 6.68. The second kappa shape index (κ2) is 4.63. The third-order valence-electron chi connectivity index (χ3n) is 3.04. The monoisotopic (exact) mass is 314 g/mol. The van der Waals surface area contributed by atoms with E-state index < -0.39 is 0 Å². The number of fused-ring (bicyclic) bond motifs is 1. The number of rotatable bonds is 2. The van der Waals surface area contributed by atoms with Crippen molar-refractivity contribution in [2.75, 3.05) is 0 Å². The maximum absolute atomic E-state index is 11.4. The van der Waals surface area contributed by atoms with E-state index in [4.69, 9.17) is 0 Å². The van der Waals surface area contributed by atoms with Crippen molar-refractivity contribution in [2.24, 2.45) is 0 Å². The molecular weight excluding hydrogens is 304 g/mol. The fourth-order valence-electron chi connectivity index (χ4n) is 2.06. The van der Waals surface area contributed by atoms with E-state index in [9.17, 15) is 4.79 Å². The Morgan fingerprint density at radius 3 is 2.79 bits per heavy atom. The van der Waals surface area contributed by atoms with Gasteiger partial charge in [-0.1, -0.05) is 22.0 Å². The first-order valence-electron chi connectivity index (χ1n) is 5.89. The van der Waals surface area contributed by atoms with Crippen LogP contribution in [-0.2, 0) is 0 Å². The lowest BCUT2D eigenvalue weighted by Gasteiger charge is -2.05. The first-order chi connectivity index (χ1) is 9.15. The van der Waals surface area contributed by atoms with Crippen molar-refractivity contribution in [1.29, 1.82) is 0 Å². The quantitative estimate of drug-likeness (QED) is 0.670. The largest absolute Gasteiger partial charge is 0.299 e. The Labute approximate surface area is 119 Å². The summed E-state index contributed by atoms with van der Waals surface area (Å²) < 4.78 is 3.02. The Kier molecular flexibility index (Phi) is 2.95. The molecule has 0 fully saturated rings. The van der Waals surface area contributed by atoms with E-state index in [1.807, 2.05) is 47.0 Å². The number of carbonyl (C=O) groups excluding carboxylic acids is 1. The molecule has 0 saturated carbocycles. The van der Waals surface area contributed by atoms with Crippen LogP contribution in [0.3, 0.4) is 0 Å². The van der Waals surface area contributed by atoms with Gasteiger partial charge < -0.3 is 0 Å². The van der Waals surface area contributed by atoms with Crippen LogP contribution in [0.5, 0.6) is 0 Å². The number of benzene rings is 2. The number of nitrogens with zero attached hydrogens (tertiary/aromatic N) is 2. The van der Waals surface area contributed by atoms with Crippen LogP contribution >= 0.6 is 15.9 Å². The van der Waals surface area contributed by atoms with Gasteiger partial charge in [-0.3, -0.25) is 9.36 Å². The summed E-state index contributed by atoms with van der Waals surface area (Å²) in [6.45, 7) is 1.56. The van der Waals surface area contributed by atoms with Gasteiger partial charge in [-0.05, 0) is 43.3 Å². The van der Waals surface area contributed by atoms with E-state index in [1.165, 1.54) is 0 Å². The van der Waals surface area contributed by atoms with Crippen LogP contribution in [0.4, 0.5) is 0 Å². The Bertz CT molecular complexity index is 777. The molecule has 19 heavy (non-hydrogen) atoms. The van der Waals surface area contributed by atoms with Crippen LogP contribution in [0.2, 0.25) is 0 Å². The van der Waals surface area contributed by atoms with E-state index in [0.717, 1.165) is 21.2 Å². The summed E-state index contributed by atoms with van der Waals surface area (Å²) in [7, 11) is 0. The standard InChI is InChI=1S/C15H11BrN2O/c1-10(19)11-5-6-15-14(7-11)17-9-18(15)13-4-2-3-12(16)8-13/h2-9H,1H3. The molecule has 3 nitrogen and oxygen atoms in total. The van der Waals surface area contributed by atoms with Gasteiger partial charge in [-0.15, -0.1) is 0 Å². The van der Waals surface area contributed by atoms with Crippen molar-refractivity contribution in [3.63, 3.8) is 0 Å². The molecule has 3 rings (SSSR count). The Morgan fingerprint density at radius 2 is 2.05 bits per heavy atom. The predicted octanol–water partition coefficient (Wildman–Crippen LogP) is 3.99. The Balaban J connectivity index is 2.18. The zero-order chi connectivity index (χ0) is 13.4. The number of hydrogen-bond acceptors (Lipinski definition) is 2. The van der Waals surface area contributed by atoms with Gasteiger partial charge in [0.15, 0.2) is 5.78 Å². The van der Waals surface area contributed by atoms with Crippen LogP contribution in [0, 0.1) is 0 Å². The van der Waals surface area contributed by atoms with Gasteiger partial charge in [0.05, 0.1) is 11.0 Å². The molecule has 1 heterocycles. The molecular formula is C15H11BrN2O. The maximum Gasteiger partial charge on any atom is 0.159 e. The molecule has 0 aliphatic rings. The molecule has 94 valence electrons. The summed E-state index contributed by atoms with van der Waals surface area (Å²) in [6, 6.07) is 13.6. The Hall–Kier alpha value is -1.94. The van der Waals surface area contributed by atoms with Gasteiger partial charge in [0, 0.05) is 15.7 Å². The van der Waals surface area contributed by atoms with Gasteiger partial charge in [-0.2, -0.15) is 0 Å². The minimum atomic E-state index is 0.0545. The molecule has 0 radical (unpaired) electrons. The smallest absolute Gasteiger partial charge is 0.159 e. The molecule has 0 unspecified atom stereocenters. The lowest BCUT2D eigenvalue weighted by molar-refractivity contribution is 0.101. The van der Waals surface area contributed by atoms with Crippen LogP contribution in [0.1, 0.15) is 17.3 Å². The summed E-state index contributed by atoms with van der Waals surface area (Å²) in [5, 5.41) is 0. The molecule has 2 aromatic carbocycles. The molecule has 0 amide bonds. The second-order valence-electron chi connectivity index (χ2n) is 4.35. The highest BCUT2D eigenvalue weighted by molar-refractivity contribution is 9.10. The van der Waals surface area contributed by atoms with Gasteiger partial charge >= 0.3 is 0 Å². The lowest BCUT2D eigenvalue weighted by atomic mass is 10.1. The van der Waals surface area contributed by atoms with Gasteiger partial charge in [-0.25, -0.2) is 4.98 Å². The maximum atomic E-state index is 11.4. The number of halogens is 1. The van der Waals surface area contributed by atoms with Crippen molar-refractivity contribution >= 4 is 32.7 Å². The number of aromatic nitrogens is 2. The summed E-state index contributed by atoms with van der Waals surface area (Å²) >= 11 is 3.46. The van der Waals surface area contributed by atoms with Crippen molar-refractivity contribution < 1.29 is 4.79 Å². The highest BCUT2D eigenvalue weighted by Gasteiger charge is 2.07. The SMILES string of the molecule is CC(=O)c1ccc2c(c1)ncn2-c1cccc(Br)c1. The molecule has 0 aliphatic carbocycles.